The highest BCUT2D eigenvalue weighted by atomic mass is 32.2. The van der Waals surface area contributed by atoms with E-state index in [1.165, 1.54) is 12.8 Å². The molecule has 0 radical (unpaired) electrons. The van der Waals surface area contributed by atoms with Gasteiger partial charge in [-0.15, -0.1) is 0 Å². The Morgan fingerprint density at radius 2 is 2.21 bits per heavy atom. The number of aromatic nitrogens is 1. The molecule has 0 bridgehead atoms. The second-order valence-corrected chi connectivity index (χ2v) is 7.57. The number of sulfone groups is 1. The molecule has 1 aliphatic carbocycles. The van der Waals surface area contributed by atoms with Crippen molar-refractivity contribution in [2.75, 3.05) is 29.5 Å². The lowest BCUT2D eigenvalue weighted by atomic mass is 10.4. The first kappa shape index (κ1) is 12.9. The predicted octanol–water partition coefficient (Wildman–Crippen LogP) is 0.551. The molecule has 1 aromatic heterocycles. The molecule has 0 unspecified atom stereocenters. The van der Waals surface area contributed by atoms with Crippen molar-refractivity contribution >= 4 is 15.9 Å². The summed E-state index contributed by atoms with van der Waals surface area (Å²) in [6, 6.07) is 1.19. The largest absolute Gasteiger partial charge is 0.432 e. The molecule has 1 aromatic rings. The highest BCUT2D eigenvalue weighted by Gasteiger charge is 2.23. The molecule has 0 spiro atoms. The number of hydrogen-bond donors (Lipinski definition) is 1. The number of oxazole rings is 1. The number of rotatable bonds is 4. The van der Waals surface area contributed by atoms with Crippen molar-refractivity contribution in [1.29, 1.82) is 0 Å². The van der Waals surface area contributed by atoms with Gasteiger partial charge in [0.15, 0.2) is 9.84 Å². The highest BCUT2D eigenvalue weighted by Crippen LogP contribution is 2.20. The fraction of sp³-hybridized carbons (Fsp3) is 0.750. The third-order valence-electron chi connectivity index (χ3n) is 3.51. The average Bonchev–Trinajstić information content (AvgIpc) is 3.11. The van der Waals surface area contributed by atoms with Gasteiger partial charge in [-0.1, -0.05) is 0 Å². The van der Waals surface area contributed by atoms with E-state index in [4.69, 9.17) is 4.42 Å². The first-order valence-corrected chi connectivity index (χ1v) is 8.58. The van der Waals surface area contributed by atoms with Crippen LogP contribution < -0.4 is 10.2 Å². The summed E-state index contributed by atoms with van der Waals surface area (Å²) in [5.74, 6) is 0.450. The fourth-order valence-corrected chi connectivity index (χ4v) is 3.46. The normalized spacial score (nSPS) is 23.3. The van der Waals surface area contributed by atoms with Crippen LogP contribution in [-0.4, -0.2) is 44.0 Å². The van der Waals surface area contributed by atoms with E-state index >= 15 is 0 Å². The van der Waals surface area contributed by atoms with Crippen LogP contribution in [0.3, 0.4) is 0 Å². The van der Waals surface area contributed by atoms with Crippen molar-refractivity contribution in [2.45, 2.75) is 31.8 Å². The van der Waals surface area contributed by atoms with Gasteiger partial charge in [-0.25, -0.2) is 8.42 Å². The van der Waals surface area contributed by atoms with Crippen LogP contribution in [0.15, 0.2) is 10.7 Å². The van der Waals surface area contributed by atoms with E-state index < -0.39 is 9.84 Å². The van der Waals surface area contributed by atoms with Gasteiger partial charge in [0, 0.05) is 25.7 Å². The number of anilines is 1. The van der Waals surface area contributed by atoms with Crippen LogP contribution in [-0.2, 0) is 16.4 Å². The molecule has 1 saturated heterocycles. The molecule has 0 amide bonds. The fourth-order valence-electron chi connectivity index (χ4n) is 2.19. The number of hydrogen-bond acceptors (Lipinski definition) is 6. The lowest BCUT2D eigenvalue weighted by Gasteiger charge is -2.16. The van der Waals surface area contributed by atoms with Gasteiger partial charge in [0.25, 0.3) is 6.01 Å². The molecule has 2 aliphatic rings. The molecule has 1 aliphatic heterocycles. The molecular formula is C12H19N3O3S. The number of nitrogens with one attached hydrogen (secondary N) is 1. The van der Waals surface area contributed by atoms with Crippen molar-refractivity contribution in [2.24, 2.45) is 0 Å². The lowest BCUT2D eigenvalue weighted by molar-refractivity contribution is 0.535. The smallest absolute Gasteiger partial charge is 0.297 e. The van der Waals surface area contributed by atoms with Crippen LogP contribution in [0.1, 0.15) is 25.0 Å². The summed E-state index contributed by atoms with van der Waals surface area (Å²) in [4.78, 5) is 6.35. The molecule has 2 fully saturated rings. The Morgan fingerprint density at radius 3 is 3.00 bits per heavy atom. The van der Waals surface area contributed by atoms with E-state index in [1.54, 1.807) is 6.26 Å². The van der Waals surface area contributed by atoms with Crippen LogP contribution >= 0.6 is 0 Å². The van der Waals surface area contributed by atoms with E-state index in [-0.39, 0.29) is 11.5 Å². The Morgan fingerprint density at radius 1 is 1.37 bits per heavy atom. The van der Waals surface area contributed by atoms with E-state index in [0.717, 1.165) is 12.2 Å². The maximum atomic E-state index is 11.5. The Balaban J connectivity index is 1.61. The van der Waals surface area contributed by atoms with Gasteiger partial charge in [0.05, 0.1) is 17.2 Å². The molecule has 0 aromatic carbocycles. The Bertz CT molecular complexity index is 536. The monoisotopic (exact) mass is 285 g/mol. The molecule has 6 nitrogen and oxygen atoms in total. The minimum atomic E-state index is -2.89. The van der Waals surface area contributed by atoms with E-state index in [1.807, 2.05) is 4.90 Å². The molecule has 3 rings (SSSR count). The summed E-state index contributed by atoms with van der Waals surface area (Å²) in [6.45, 7) is 1.88. The summed E-state index contributed by atoms with van der Waals surface area (Å²) < 4.78 is 28.6. The van der Waals surface area contributed by atoms with Crippen molar-refractivity contribution in [3.05, 3.63) is 12.0 Å². The van der Waals surface area contributed by atoms with Crippen molar-refractivity contribution < 1.29 is 12.8 Å². The second kappa shape index (κ2) is 5.13. The topological polar surface area (TPSA) is 75.4 Å². The minimum Gasteiger partial charge on any atom is -0.432 e. The van der Waals surface area contributed by atoms with Gasteiger partial charge in [-0.05, 0) is 19.3 Å². The molecule has 106 valence electrons. The van der Waals surface area contributed by atoms with Crippen molar-refractivity contribution in [3.63, 3.8) is 0 Å². The van der Waals surface area contributed by atoms with Crippen LogP contribution in [0, 0.1) is 0 Å². The van der Waals surface area contributed by atoms with Crippen molar-refractivity contribution in [3.8, 4) is 0 Å². The number of nitrogens with zero attached hydrogens (tertiary/aromatic N) is 2. The van der Waals surface area contributed by atoms with Gasteiger partial charge in [-0.3, -0.25) is 0 Å². The summed E-state index contributed by atoms with van der Waals surface area (Å²) in [7, 11) is -2.89. The SMILES string of the molecule is O=S1(=O)CCCN(c2nc(CNC3CC3)co2)CC1. The van der Waals surface area contributed by atoms with Gasteiger partial charge < -0.3 is 14.6 Å². The molecule has 1 saturated carbocycles. The first-order valence-electron chi connectivity index (χ1n) is 6.75. The predicted molar refractivity (Wildman–Crippen MR) is 71.8 cm³/mol. The summed E-state index contributed by atoms with van der Waals surface area (Å²) in [5, 5.41) is 3.38. The zero-order valence-corrected chi connectivity index (χ0v) is 11.7. The third-order valence-corrected chi connectivity index (χ3v) is 5.23. The highest BCUT2D eigenvalue weighted by molar-refractivity contribution is 7.91. The van der Waals surface area contributed by atoms with Gasteiger partial charge in [-0.2, -0.15) is 4.98 Å². The van der Waals surface area contributed by atoms with Crippen LogP contribution in [0.5, 0.6) is 0 Å². The van der Waals surface area contributed by atoms with Gasteiger partial charge in [0.1, 0.15) is 6.26 Å². The lowest BCUT2D eigenvalue weighted by Crippen LogP contribution is -2.27. The van der Waals surface area contributed by atoms with E-state index in [0.29, 0.717) is 31.6 Å². The van der Waals surface area contributed by atoms with Gasteiger partial charge in [0.2, 0.25) is 0 Å². The van der Waals surface area contributed by atoms with Crippen LogP contribution in [0.2, 0.25) is 0 Å². The van der Waals surface area contributed by atoms with E-state index in [9.17, 15) is 8.42 Å². The molecular weight excluding hydrogens is 266 g/mol. The zero-order valence-electron chi connectivity index (χ0n) is 10.8. The second-order valence-electron chi connectivity index (χ2n) is 5.27. The summed E-state index contributed by atoms with van der Waals surface area (Å²) in [5.41, 5.74) is 0.883. The summed E-state index contributed by atoms with van der Waals surface area (Å²) in [6.07, 6.45) is 4.79. The zero-order chi connectivity index (χ0) is 13.3. The molecule has 2 heterocycles. The maximum Gasteiger partial charge on any atom is 0.297 e. The third kappa shape index (κ3) is 3.48. The summed E-state index contributed by atoms with van der Waals surface area (Å²) >= 11 is 0. The van der Waals surface area contributed by atoms with E-state index in [2.05, 4.69) is 10.3 Å². The Kier molecular flexibility index (Phi) is 3.49. The molecule has 7 heteroatoms. The quantitative estimate of drug-likeness (QED) is 0.871. The van der Waals surface area contributed by atoms with Crippen LogP contribution in [0.4, 0.5) is 6.01 Å². The average molecular weight is 285 g/mol. The molecule has 0 atom stereocenters. The Labute approximate surface area is 113 Å². The van der Waals surface area contributed by atoms with Crippen molar-refractivity contribution in [1.82, 2.24) is 10.3 Å². The maximum absolute atomic E-state index is 11.5. The van der Waals surface area contributed by atoms with Crippen LogP contribution in [0.25, 0.3) is 0 Å². The first-order chi connectivity index (χ1) is 9.12. The van der Waals surface area contributed by atoms with Gasteiger partial charge >= 0.3 is 0 Å². The Hall–Kier alpha value is -1.08. The molecule has 19 heavy (non-hydrogen) atoms. The molecule has 1 N–H and O–H groups in total. The standard InChI is InChI=1S/C12H19N3O3S/c16-19(17)6-1-4-15(5-7-19)12-14-11(9-18-12)8-13-10-2-3-10/h9-10,13H,1-8H2. The minimum absolute atomic E-state index is 0.186.